The van der Waals surface area contributed by atoms with Crippen LogP contribution in [0.3, 0.4) is 0 Å². The van der Waals surface area contributed by atoms with Crippen LogP contribution >= 0.6 is 0 Å². The number of hydrogen-bond donors (Lipinski definition) is 14. The fourth-order valence-corrected chi connectivity index (χ4v) is 8.13. The average molecular weight is 1100 g/mol. The molecule has 4 aromatic rings. The molecule has 0 aliphatic rings. The highest BCUT2D eigenvalue weighted by Crippen LogP contribution is 2.29. The van der Waals surface area contributed by atoms with Gasteiger partial charge in [0.25, 0.3) is 20.2 Å². The fraction of sp³-hybridized carbons (Fsp3) is 0.571. The predicted molar refractivity (Wildman–Crippen MR) is 267 cm³/mol. The molecule has 0 saturated carbocycles. The van der Waals surface area contributed by atoms with Gasteiger partial charge >= 0.3 is 12.0 Å². The number of rotatable bonds is 33. The smallest absolute Gasteiger partial charge is 0.322 e. The van der Waals surface area contributed by atoms with Crippen LogP contribution < -0.4 is 29.9 Å². The number of aromatic nitrogens is 6. The van der Waals surface area contributed by atoms with Gasteiger partial charge in [-0.25, -0.2) is 0 Å². The Morgan fingerprint density at radius 2 is 0.716 bits per heavy atom. The van der Waals surface area contributed by atoms with E-state index in [1.807, 2.05) is 0 Å². The molecular weight excluding hydrogens is 1020 g/mol. The maximum atomic E-state index is 12.5. The Balaban J connectivity index is 0.000000783. The van der Waals surface area contributed by atoms with Crippen LogP contribution in [0.4, 0.5) is 35.2 Å². The number of aliphatic hydroxyl groups excluding tert-OH is 10. The normalized spacial score (nSPS) is 11.4. The molecule has 0 unspecified atom stereocenters. The number of nitrogens with one attached hydrogen (secondary N) is 2. The first-order chi connectivity index (χ1) is 35.4. The summed E-state index contributed by atoms with van der Waals surface area (Å²) in [4.78, 5) is 30.5. The number of aryl methyl sites for hydroxylation is 2. The van der Waals surface area contributed by atoms with E-state index >= 15 is 0 Å². The lowest BCUT2D eigenvalue weighted by molar-refractivity contribution is 0.136. The third-order valence-corrected chi connectivity index (χ3v) is 11.9. The molecule has 0 spiro atoms. The summed E-state index contributed by atoms with van der Waals surface area (Å²) in [5.41, 5.74) is 0.476. The number of methoxy groups -OCH3 is 2. The highest BCUT2D eigenvalue weighted by molar-refractivity contribution is 7.86. The molecule has 2 aromatic carbocycles. The summed E-state index contributed by atoms with van der Waals surface area (Å²) in [6.45, 7) is 2.78. The molecule has 418 valence electrons. The second kappa shape index (κ2) is 35.0. The summed E-state index contributed by atoms with van der Waals surface area (Å²) in [6, 6.07) is 7.72. The van der Waals surface area contributed by atoms with Gasteiger partial charge in [-0.05, 0) is 48.2 Å². The third kappa shape index (κ3) is 23.0. The van der Waals surface area contributed by atoms with Crippen LogP contribution in [0.5, 0.6) is 12.0 Å². The lowest BCUT2D eigenvalue weighted by Crippen LogP contribution is -2.32. The standard InChI is InChI=1S/C30H40N10O12S2.2C6H15NO3/c1-51-29-35-25(33-27(37-29)39(9-13-41)10-14-42)31-21-7-5-19(23(17-21)53(45,46)47)3-4-20-6-8-22(18-24(20)54(48,49)50)32-26-34-28(38-30(36-26)52-2)40(11-15-43)12-16-44;2*8-4-1-7(2-5-9)3-6-10/h5-8,17-18,41-44H,3-4,9-16H2,1-2H3,(H,45,46,47)(H,48,49,50)(H,31,33,35,37)(H,32,34,36,38);2*8-10H,1-6H2. The van der Waals surface area contributed by atoms with Crippen molar-refractivity contribution in [2.24, 2.45) is 0 Å². The first kappa shape index (κ1) is 64.7. The Morgan fingerprint density at radius 3 is 0.959 bits per heavy atom. The van der Waals surface area contributed by atoms with E-state index in [0.717, 1.165) is 12.1 Å². The zero-order valence-corrected chi connectivity index (χ0v) is 42.8. The van der Waals surface area contributed by atoms with Gasteiger partial charge in [-0.1, -0.05) is 12.1 Å². The Hall–Kier alpha value is -5.40. The minimum atomic E-state index is -4.82. The zero-order valence-electron chi connectivity index (χ0n) is 41.1. The highest BCUT2D eigenvalue weighted by atomic mass is 32.2. The molecule has 32 heteroatoms. The zero-order chi connectivity index (χ0) is 55.1. The van der Waals surface area contributed by atoms with Gasteiger partial charge in [0.2, 0.25) is 23.8 Å². The number of nitrogens with zero attached hydrogens (tertiary/aromatic N) is 10. The van der Waals surface area contributed by atoms with Gasteiger partial charge in [0.05, 0.1) is 90.1 Å². The molecule has 0 saturated heterocycles. The molecule has 0 amide bonds. The van der Waals surface area contributed by atoms with Crippen molar-refractivity contribution in [2.75, 3.05) is 166 Å². The molecule has 74 heavy (non-hydrogen) atoms. The molecule has 0 aliphatic carbocycles. The summed E-state index contributed by atoms with van der Waals surface area (Å²) in [5, 5.41) is 94.2. The molecule has 2 aromatic heterocycles. The summed E-state index contributed by atoms with van der Waals surface area (Å²) >= 11 is 0. The quantitative estimate of drug-likeness (QED) is 0.0202. The SMILES string of the molecule is COc1nc(Nc2ccc(CCc3ccc(Nc4nc(OC)nc(N(CCO)CCO)n4)cc3S(=O)(=O)O)c(S(=O)(=O)O)c2)nc(N(CCO)CCO)n1.OCCN(CCO)CCO.OCCN(CCO)CCO. The molecule has 30 nitrogen and oxygen atoms in total. The van der Waals surface area contributed by atoms with E-state index in [1.54, 1.807) is 9.80 Å². The fourth-order valence-electron chi connectivity index (χ4n) is 6.58. The van der Waals surface area contributed by atoms with Gasteiger partial charge in [0, 0.05) is 76.8 Å². The molecule has 0 bridgehead atoms. The maximum absolute atomic E-state index is 12.5. The van der Waals surface area contributed by atoms with E-state index in [2.05, 4.69) is 40.5 Å². The Morgan fingerprint density at radius 1 is 0.432 bits per heavy atom. The topological polar surface area (TPSA) is 444 Å². The largest absolute Gasteiger partial charge is 0.467 e. The van der Waals surface area contributed by atoms with Crippen molar-refractivity contribution in [3.8, 4) is 12.0 Å². The number of ether oxygens (including phenoxy) is 2. The third-order valence-electron chi connectivity index (χ3n) is 9.98. The number of anilines is 6. The lowest BCUT2D eigenvalue weighted by atomic mass is 10.0. The van der Waals surface area contributed by atoms with Gasteiger partial charge in [-0.15, -0.1) is 0 Å². The number of hydrogen-bond acceptors (Lipinski definition) is 28. The Bertz CT molecular complexity index is 2250. The van der Waals surface area contributed by atoms with Crippen LogP contribution in [0.1, 0.15) is 11.1 Å². The highest BCUT2D eigenvalue weighted by Gasteiger charge is 2.22. The van der Waals surface area contributed by atoms with Crippen molar-refractivity contribution in [1.82, 2.24) is 39.7 Å². The van der Waals surface area contributed by atoms with Gasteiger partial charge < -0.3 is 81.0 Å². The van der Waals surface area contributed by atoms with E-state index in [9.17, 15) is 46.4 Å². The minimum absolute atomic E-state index is 0.0513. The lowest BCUT2D eigenvalue weighted by Gasteiger charge is -2.21. The molecule has 0 aliphatic heterocycles. The van der Waals surface area contributed by atoms with E-state index in [1.165, 1.54) is 48.3 Å². The molecular formula is C42H70N12O18S2. The first-order valence-corrected chi connectivity index (χ1v) is 25.7. The van der Waals surface area contributed by atoms with E-state index < -0.39 is 30.0 Å². The molecule has 2 heterocycles. The number of benzene rings is 2. The van der Waals surface area contributed by atoms with Crippen molar-refractivity contribution < 1.29 is 86.5 Å². The van der Waals surface area contributed by atoms with Crippen molar-refractivity contribution in [2.45, 2.75) is 22.6 Å². The van der Waals surface area contributed by atoms with Crippen LogP contribution in [0.2, 0.25) is 0 Å². The summed E-state index contributed by atoms with van der Waals surface area (Å²) in [6.07, 6.45) is -0.212. The monoisotopic (exact) mass is 1090 g/mol. The number of aliphatic hydroxyl groups is 10. The van der Waals surface area contributed by atoms with Crippen LogP contribution in [-0.2, 0) is 33.1 Å². The molecule has 0 fully saturated rings. The summed E-state index contributed by atoms with van der Waals surface area (Å²) < 4.78 is 80.5. The summed E-state index contributed by atoms with van der Waals surface area (Å²) in [7, 11) is -7.03. The minimum Gasteiger partial charge on any atom is -0.467 e. The maximum Gasteiger partial charge on any atom is 0.322 e. The predicted octanol–water partition coefficient (Wildman–Crippen LogP) is -4.05. The Kier molecular flexibility index (Phi) is 30.6. The molecule has 4 rings (SSSR count). The van der Waals surface area contributed by atoms with Crippen LogP contribution in [0, 0.1) is 0 Å². The van der Waals surface area contributed by atoms with Crippen molar-refractivity contribution in [3.05, 3.63) is 47.5 Å². The molecule has 14 N–H and O–H groups in total. The van der Waals surface area contributed by atoms with E-state index in [4.69, 9.17) is 40.1 Å². The average Bonchev–Trinajstić information content (AvgIpc) is 3.36. The molecule has 0 radical (unpaired) electrons. The van der Waals surface area contributed by atoms with E-state index in [-0.39, 0.29) is 163 Å². The van der Waals surface area contributed by atoms with Crippen LogP contribution in [0.25, 0.3) is 0 Å². The van der Waals surface area contributed by atoms with Crippen molar-refractivity contribution in [3.63, 3.8) is 0 Å². The van der Waals surface area contributed by atoms with Crippen LogP contribution in [0.15, 0.2) is 46.2 Å². The van der Waals surface area contributed by atoms with E-state index in [0.29, 0.717) is 39.3 Å². The summed E-state index contributed by atoms with van der Waals surface area (Å²) in [5.74, 6) is -0.0682. The van der Waals surface area contributed by atoms with Gasteiger partial charge in [0.1, 0.15) is 0 Å². The van der Waals surface area contributed by atoms with Crippen molar-refractivity contribution in [1.29, 1.82) is 0 Å². The first-order valence-electron chi connectivity index (χ1n) is 22.8. The van der Waals surface area contributed by atoms with Crippen LogP contribution in [-0.4, -0.2) is 262 Å². The van der Waals surface area contributed by atoms with Gasteiger partial charge in [0.15, 0.2) is 0 Å². The molecule has 0 atom stereocenters. The van der Waals surface area contributed by atoms with Gasteiger partial charge in [-0.3, -0.25) is 18.9 Å². The van der Waals surface area contributed by atoms with Gasteiger partial charge in [-0.2, -0.15) is 46.7 Å². The second-order valence-electron chi connectivity index (χ2n) is 15.1. The second-order valence-corrected chi connectivity index (χ2v) is 17.9. The Labute approximate surface area is 428 Å². The van der Waals surface area contributed by atoms with Crippen molar-refractivity contribution >= 4 is 55.4 Å².